The van der Waals surface area contributed by atoms with Gasteiger partial charge in [0.15, 0.2) is 11.5 Å². The van der Waals surface area contributed by atoms with E-state index in [-0.39, 0.29) is 11.6 Å². The summed E-state index contributed by atoms with van der Waals surface area (Å²) in [5, 5.41) is 15.2. The van der Waals surface area contributed by atoms with E-state index in [1.165, 1.54) is 17.3 Å². The predicted molar refractivity (Wildman–Crippen MR) is 113 cm³/mol. The van der Waals surface area contributed by atoms with Crippen LogP contribution in [0, 0.1) is 18.3 Å². The fraction of sp³-hybridized carbons (Fsp3) is 0.304. The van der Waals surface area contributed by atoms with Crippen LogP contribution in [0.25, 0.3) is 0 Å². The number of nitriles is 1. The van der Waals surface area contributed by atoms with E-state index in [9.17, 15) is 10.1 Å². The van der Waals surface area contributed by atoms with E-state index in [2.05, 4.69) is 29.7 Å². The van der Waals surface area contributed by atoms with E-state index >= 15 is 0 Å². The Morgan fingerprint density at radius 2 is 1.90 bits per heavy atom. The number of amides is 1. The van der Waals surface area contributed by atoms with Crippen molar-refractivity contribution in [3.05, 3.63) is 70.9 Å². The van der Waals surface area contributed by atoms with Crippen molar-refractivity contribution < 1.29 is 14.3 Å². The number of carbonyl (C=O) groups excluding carboxylic acids is 1. The lowest BCUT2D eigenvalue weighted by Crippen LogP contribution is -2.28. The first-order valence-electron chi connectivity index (χ1n) is 9.41. The lowest BCUT2D eigenvalue weighted by atomic mass is 10.1. The zero-order valence-electron chi connectivity index (χ0n) is 17.3. The number of hydrogen-bond acceptors (Lipinski definition) is 5. The molecule has 0 saturated carbocycles. The summed E-state index contributed by atoms with van der Waals surface area (Å²) in [4.78, 5) is 12.5. The molecule has 0 heterocycles. The maximum atomic E-state index is 12.5. The van der Waals surface area contributed by atoms with Crippen LogP contribution in [0.1, 0.15) is 29.7 Å². The van der Waals surface area contributed by atoms with E-state index in [0.29, 0.717) is 18.0 Å². The smallest absolute Gasteiger partial charge is 0.263 e. The Labute approximate surface area is 172 Å². The summed E-state index contributed by atoms with van der Waals surface area (Å²) in [6.07, 6.45) is 2.28. The van der Waals surface area contributed by atoms with Gasteiger partial charge in [-0.15, -0.1) is 0 Å². The van der Waals surface area contributed by atoms with Crippen LogP contribution in [0.3, 0.4) is 0 Å². The fourth-order valence-electron chi connectivity index (χ4n) is 2.90. The van der Waals surface area contributed by atoms with Gasteiger partial charge in [0, 0.05) is 12.7 Å². The quantitative estimate of drug-likeness (QED) is 0.387. The van der Waals surface area contributed by atoms with Crippen molar-refractivity contribution in [2.45, 2.75) is 26.3 Å². The Bertz CT molecular complexity index is 916. The molecule has 0 fully saturated rings. The molecule has 0 saturated heterocycles. The second-order valence-electron chi connectivity index (χ2n) is 6.61. The number of aryl methyl sites for hydroxylation is 1. The highest BCUT2D eigenvalue weighted by molar-refractivity contribution is 5.97. The Balaban J connectivity index is 1.95. The third kappa shape index (κ3) is 6.01. The van der Waals surface area contributed by atoms with Crippen LogP contribution in [-0.4, -0.2) is 26.7 Å². The van der Waals surface area contributed by atoms with Crippen LogP contribution < -0.4 is 20.1 Å². The molecule has 6 heteroatoms. The largest absolute Gasteiger partial charge is 0.493 e. The maximum Gasteiger partial charge on any atom is 0.263 e. The third-order valence-corrected chi connectivity index (χ3v) is 4.67. The maximum absolute atomic E-state index is 12.5. The van der Waals surface area contributed by atoms with Crippen LogP contribution in [-0.2, 0) is 11.2 Å². The highest BCUT2D eigenvalue weighted by atomic mass is 16.5. The molecule has 29 heavy (non-hydrogen) atoms. The zero-order valence-corrected chi connectivity index (χ0v) is 17.3. The standard InChI is InChI=1S/C23H27N3O3/c1-16-7-5-6-8-18(16)11-12-25-15-20(14-24)23(27)26-17(2)19-9-10-21(28-3)22(13-19)29-4/h5-10,13,15,17,25H,11-12H2,1-4H3,(H,26,27)/b20-15-. The Morgan fingerprint density at radius 3 is 2.55 bits per heavy atom. The van der Waals surface area contributed by atoms with Crippen LogP contribution in [0.2, 0.25) is 0 Å². The summed E-state index contributed by atoms with van der Waals surface area (Å²) in [6, 6.07) is 15.2. The summed E-state index contributed by atoms with van der Waals surface area (Å²) in [6.45, 7) is 4.54. The van der Waals surface area contributed by atoms with E-state index < -0.39 is 5.91 Å². The normalized spacial score (nSPS) is 11.9. The number of hydrogen-bond donors (Lipinski definition) is 2. The summed E-state index contributed by atoms with van der Waals surface area (Å²) < 4.78 is 10.5. The van der Waals surface area contributed by atoms with Gasteiger partial charge >= 0.3 is 0 Å². The van der Waals surface area contributed by atoms with Gasteiger partial charge < -0.3 is 20.1 Å². The van der Waals surface area contributed by atoms with E-state index in [1.807, 2.05) is 31.2 Å². The van der Waals surface area contributed by atoms with Crippen molar-refractivity contribution in [2.24, 2.45) is 0 Å². The van der Waals surface area contributed by atoms with Gasteiger partial charge in [0.25, 0.3) is 5.91 Å². The Kier molecular flexibility index (Phi) is 8.11. The van der Waals surface area contributed by atoms with Crippen LogP contribution in [0.4, 0.5) is 0 Å². The highest BCUT2D eigenvalue weighted by Crippen LogP contribution is 2.29. The van der Waals surface area contributed by atoms with E-state index in [1.54, 1.807) is 26.4 Å². The molecule has 1 unspecified atom stereocenters. The number of benzene rings is 2. The monoisotopic (exact) mass is 393 g/mol. The van der Waals surface area contributed by atoms with Gasteiger partial charge in [-0.3, -0.25) is 4.79 Å². The molecule has 2 rings (SSSR count). The number of ether oxygens (including phenoxy) is 2. The number of rotatable bonds is 9. The lowest BCUT2D eigenvalue weighted by Gasteiger charge is -2.16. The molecule has 152 valence electrons. The molecular weight excluding hydrogens is 366 g/mol. The average Bonchev–Trinajstić information content (AvgIpc) is 2.74. The van der Waals surface area contributed by atoms with Gasteiger partial charge in [0.05, 0.1) is 20.3 Å². The molecule has 0 bridgehead atoms. The lowest BCUT2D eigenvalue weighted by molar-refractivity contribution is -0.117. The minimum Gasteiger partial charge on any atom is -0.493 e. The predicted octanol–water partition coefficient (Wildman–Crippen LogP) is 3.43. The molecule has 0 aliphatic rings. The van der Waals surface area contributed by atoms with E-state index in [4.69, 9.17) is 9.47 Å². The second-order valence-corrected chi connectivity index (χ2v) is 6.61. The molecular formula is C23H27N3O3. The Morgan fingerprint density at radius 1 is 1.17 bits per heavy atom. The number of carbonyl (C=O) groups is 1. The molecule has 0 aliphatic heterocycles. The van der Waals surface area contributed by atoms with Crippen molar-refractivity contribution >= 4 is 5.91 Å². The van der Waals surface area contributed by atoms with Gasteiger partial charge in [-0.05, 0) is 49.1 Å². The first-order chi connectivity index (χ1) is 14.0. The molecule has 0 radical (unpaired) electrons. The SMILES string of the molecule is COc1ccc(C(C)NC(=O)/C(C#N)=C\NCCc2ccccc2C)cc1OC. The zero-order chi connectivity index (χ0) is 21.2. The fourth-order valence-corrected chi connectivity index (χ4v) is 2.90. The number of methoxy groups -OCH3 is 2. The topological polar surface area (TPSA) is 83.4 Å². The summed E-state index contributed by atoms with van der Waals surface area (Å²) >= 11 is 0. The first kappa shape index (κ1) is 21.8. The summed E-state index contributed by atoms with van der Waals surface area (Å²) in [5.74, 6) is 0.767. The average molecular weight is 393 g/mol. The van der Waals surface area contributed by atoms with Crippen LogP contribution in [0.15, 0.2) is 54.2 Å². The van der Waals surface area contributed by atoms with Crippen LogP contribution in [0.5, 0.6) is 11.5 Å². The van der Waals surface area contributed by atoms with E-state index in [0.717, 1.165) is 12.0 Å². The Hall–Kier alpha value is -3.46. The summed E-state index contributed by atoms with van der Waals surface area (Å²) in [7, 11) is 3.13. The summed E-state index contributed by atoms with van der Waals surface area (Å²) in [5.41, 5.74) is 3.33. The van der Waals surface area contributed by atoms with Crippen molar-refractivity contribution in [1.29, 1.82) is 5.26 Å². The second kappa shape index (κ2) is 10.8. The van der Waals surface area contributed by atoms with Crippen LogP contribution >= 0.6 is 0 Å². The highest BCUT2D eigenvalue weighted by Gasteiger charge is 2.15. The van der Waals surface area contributed by atoms with Gasteiger partial charge in [-0.2, -0.15) is 5.26 Å². The van der Waals surface area contributed by atoms with Crippen molar-refractivity contribution in [1.82, 2.24) is 10.6 Å². The van der Waals surface area contributed by atoms with Gasteiger partial charge in [0.2, 0.25) is 0 Å². The van der Waals surface area contributed by atoms with Crippen molar-refractivity contribution in [3.63, 3.8) is 0 Å². The number of nitrogens with zero attached hydrogens (tertiary/aromatic N) is 1. The molecule has 1 atom stereocenters. The van der Waals surface area contributed by atoms with Gasteiger partial charge in [0.1, 0.15) is 11.6 Å². The van der Waals surface area contributed by atoms with Crippen molar-refractivity contribution in [2.75, 3.05) is 20.8 Å². The van der Waals surface area contributed by atoms with Crippen molar-refractivity contribution in [3.8, 4) is 17.6 Å². The molecule has 2 N–H and O–H groups in total. The van der Waals surface area contributed by atoms with Gasteiger partial charge in [-0.25, -0.2) is 0 Å². The number of nitrogens with one attached hydrogen (secondary N) is 2. The molecule has 0 aliphatic carbocycles. The minimum absolute atomic E-state index is 0.0297. The third-order valence-electron chi connectivity index (χ3n) is 4.67. The van der Waals surface area contributed by atoms with Gasteiger partial charge in [-0.1, -0.05) is 30.3 Å². The molecule has 2 aromatic rings. The molecule has 1 amide bonds. The molecule has 2 aromatic carbocycles. The molecule has 0 spiro atoms. The molecule has 6 nitrogen and oxygen atoms in total. The first-order valence-corrected chi connectivity index (χ1v) is 9.41. The minimum atomic E-state index is -0.432. The molecule has 0 aromatic heterocycles.